The fraction of sp³-hybridized carbons (Fsp3) is 0.290. The van der Waals surface area contributed by atoms with Crippen LogP contribution in [0.1, 0.15) is 54.5 Å². The Morgan fingerprint density at radius 3 is 2.45 bits per heavy atom. The highest BCUT2D eigenvalue weighted by Gasteiger charge is 2.23. The zero-order valence-electron chi connectivity index (χ0n) is 23.4. The number of rotatable bonds is 9. The van der Waals surface area contributed by atoms with E-state index in [2.05, 4.69) is 25.6 Å². The van der Waals surface area contributed by atoms with Gasteiger partial charge in [0.1, 0.15) is 11.5 Å². The minimum Gasteiger partial charge on any atom is -0.419 e. The van der Waals surface area contributed by atoms with Crippen molar-refractivity contribution in [3.8, 4) is 5.75 Å². The molecule has 1 fully saturated rings. The zero-order chi connectivity index (χ0) is 29.6. The molecule has 0 bridgehead atoms. The number of fused-ring (bicyclic) bond motifs is 1. The molecule has 0 radical (unpaired) electrons. The summed E-state index contributed by atoms with van der Waals surface area (Å²) in [6.07, 6.45) is 4.48. The molecule has 2 N–H and O–H groups in total. The summed E-state index contributed by atoms with van der Waals surface area (Å²) in [4.78, 5) is 52.2. The fourth-order valence-corrected chi connectivity index (χ4v) is 5.15. The Balaban J connectivity index is 1.28. The van der Waals surface area contributed by atoms with Crippen molar-refractivity contribution < 1.29 is 19.1 Å². The molecular weight excluding hydrogens is 556 g/mol. The van der Waals surface area contributed by atoms with Crippen LogP contribution in [0.5, 0.6) is 5.75 Å². The van der Waals surface area contributed by atoms with Gasteiger partial charge in [-0.05, 0) is 42.7 Å². The van der Waals surface area contributed by atoms with Crippen molar-refractivity contribution in [1.82, 2.24) is 20.3 Å². The summed E-state index contributed by atoms with van der Waals surface area (Å²) in [5.74, 6) is -0.403. The number of amides is 2. The van der Waals surface area contributed by atoms with Gasteiger partial charge >= 0.3 is 5.97 Å². The van der Waals surface area contributed by atoms with Gasteiger partial charge in [-0.3, -0.25) is 14.4 Å². The van der Waals surface area contributed by atoms with Gasteiger partial charge < -0.3 is 20.3 Å². The van der Waals surface area contributed by atoms with E-state index in [9.17, 15) is 14.4 Å². The zero-order valence-corrected chi connectivity index (χ0v) is 24.1. The van der Waals surface area contributed by atoms with Crippen molar-refractivity contribution in [3.05, 3.63) is 82.9 Å². The van der Waals surface area contributed by atoms with Gasteiger partial charge in [0, 0.05) is 37.5 Å². The number of halogens is 1. The second kappa shape index (κ2) is 12.9. The standard InChI is InChI=1S/C31H31ClN6O4/c1-19(39)42-28-29(32)36-26(37-30(28)38(2)18-27(40)33-22-8-4-5-9-22)17-20-11-14-23(15-12-20)34-31(41)25-16-13-21-7-3-6-10-24(21)35-25/h3,6-7,10-16,22H,4-5,8-9,17-18H2,1-2H3,(H,33,40)(H,34,41). The lowest BCUT2D eigenvalue weighted by atomic mass is 10.1. The quantitative estimate of drug-likeness (QED) is 0.209. The molecule has 2 aromatic heterocycles. The van der Waals surface area contributed by atoms with Crippen molar-refractivity contribution in [3.63, 3.8) is 0 Å². The summed E-state index contributed by atoms with van der Waals surface area (Å²) < 4.78 is 5.32. The van der Waals surface area contributed by atoms with Crippen molar-refractivity contribution in [2.24, 2.45) is 0 Å². The van der Waals surface area contributed by atoms with Crippen molar-refractivity contribution in [2.45, 2.75) is 45.1 Å². The van der Waals surface area contributed by atoms with E-state index in [1.807, 2.05) is 42.5 Å². The molecule has 42 heavy (non-hydrogen) atoms. The molecule has 0 atom stereocenters. The molecule has 1 aliphatic rings. The average Bonchev–Trinajstić information content (AvgIpc) is 3.47. The van der Waals surface area contributed by atoms with E-state index in [0.717, 1.165) is 42.1 Å². The Kier molecular flexibility index (Phi) is 8.92. The van der Waals surface area contributed by atoms with Crippen LogP contribution >= 0.6 is 11.6 Å². The van der Waals surface area contributed by atoms with Crippen molar-refractivity contribution in [2.75, 3.05) is 23.8 Å². The molecule has 10 nitrogen and oxygen atoms in total. The summed E-state index contributed by atoms with van der Waals surface area (Å²) in [5, 5.41) is 6.85. The Bertz CT molecular complexity index is 1620. The van der Waals surface area contributed by atoms with Crippen LogP contribution in [-0.4, -0.2) is 52.4 Å². The second-order valence-electron chi connectivity index (χ2n) is 10.3. The lowest BCUT2D eigenvalue weighted by Gasteiger charge is -2.22. The summed E-state index contributed by atoms with van der Waals surface area (Å²) in [6, 6.07) is 18.6. The number of benzene rings is 2. The van der Waals surface area contributed by atoms with E-state index < -0.39 is 5.97 Å². The van der Waals surface area contributed by atoms with E-state index >= 15 is 0 Å². The topological polar surface area (TPSA) is 126 Å². The van der Waals surface area contributed by atoms with Crippen LogP contribution in [0.15, 0.2) is 60.7 Å². The molecule has 216 valence electrons. The number of carbonyl (C=O) groups is 3. The lowest BCUT2D eigenvalue weighted by Crippen LogP contribution is -2.40. The largest absolute Gasteiger partial charge is 0.419 e. The molecule has 2 heterocycles. The Hall–Kier alpha value is -4.57. The number of ether oxygens (including phenoxy) is 1. The Morgan fingerprint density at radius 1 is 0.976 bits per heavy atom. The number of para-hydroxylation sites is 1. The number of hydrogen-bond acceptors (Lipinski definition) is 8. The van der Waals surface area contributed by atoms with Crippen LogP contribution in [0.3, 0.4) is 0 Å². The lowest BCUT2D eigenvalue weighted by molar-refractivity contribution is -0.131. The van der Waals surface area contributed by atoms with Gasteiger partial charge in [-0.15, -0.1) is 0 Å². The van der Waals surface area contributed by atoms with E-state index in [1.54, 1.807) is 30.1 Å². The minimum absolute atomic E-state index is 0.00411. The number of anilines is 2. The summed E-state index contributed by atoms with van der Waals surface area (Å²) >= 11 is 6.43. The molecule has 5 rings (SSSR count). The van der Waals surface area contributed by atoms with Crippen LogP contribution in [0.4, 0.5) is 11.5 Å². The van der Waals surface area contributed by atoms with Crippen LogP contribution in [0.2, 0.25) is 5.15 Å². The van der Waals surface area contributed by atoms with E-state index in [4.69, 9.17) is 16.3 Å². The molecule has 2 amide bonds. The Morgan fingerprint density at radius 2 is 1.71 bits per heavy atom. The summed E-state index contributed by atoms with van der Waals surface area (Å²) in [7, 11) is 1.69. The molecule has 1 aliphatic carbocycles. The molecule has 0 spiro atoms. The maximum absolute atomic E-state index is 12.8. The molecule has 1 saturated carbocycles. The number of nitrogens with one attached hydrogen (secondary N) is 2. The summed E-state index contributed by atoms with van der Waals surface area (Å²) in [6.45, 7) is 1.27. The van der Waals surface area contributed by atoms with Gasteiger partial charge in [0.05, 0.1) is 12.1 Å². The smallest absolute Gasteiger partial charge is 0.308 e. The van der Waals surface area contributed by atoms with Crippen LogP contribution in [0, 0.1) is 0 Å². The minimum atomic E-state index is -0.574. The first-order chi connectivity index (χ1) is 20.2. The molecule has 0 unspecified atom stereocenters. The highest BCUT2D eigenvalue weighted by Crippen LogP contribution is 2.33. The Labute approximate surface area is 248 Å². The first-order valence-electron chi connectivity index (χ1n) is 13.8. The maximum Gasteiger partial charge on any atom is 0.308 e. The normalized spacial score (nSPS) is 13.1. The number of carbonyl (C=O) groups excluding carboxylic acids is 3. The van der Waals surface area contributed by atoms with Crippen molar-refractivity contribution >= 4 is 51.8 Å². The number of hydrogen-bond donors (Lipinski definition) is 2. The predicted molar refractivity (Wildman–Crippen MR) is 161 cm³/mol. The third-order valence-corrected chi connectivity index (χ3v) is 7.22. The van der Waals surface area contributed by atoms with Gasteiger partial charge in [-0.2, -0.15) is 0 Å². The number of esters is 1. The highest BCUT2D eigenvalue weighted by atomic mass is 35.5. The third kappa shape index (κ3) is 7.19. The molecule has 0 saturated heterocycles. The third-order valence-electron chi connectivity index (χ3n) is 6.97. The van der Waals surface area contributed by atoms with Gasteiger partial charge in [-0.1, -0.05) is 60.8 Å². The number of pyridine rings is 1. The average molecular weight is 587 g/mol. The number of nitrogens with zero attached hydrogens (tertiary/aromatic N) is 4. The number of likely N-dealkylation sites (N-methyl/N-ethyl adjacent to an activating group) is 1. The predicted octanol–water partition coefficient (Wildman–Crippen LogP) is 4.94. The van der Waals surface area contributed by atoms with Crippen LogP contribution in [0.25, 0.3) is 10.9 Å². The molecule has 4 aromatic rings. The highest BCUT2D eigenvalue weighted by molar-refractivity contribution is 6.31. The SMILES string of the molecule is CC(=O)Oc1c(Cl)nc(Cc2ccc(NC(=O)c3ccc4ccccc4n3)cc2)nc1N(C)CC(=O)NC1CCCC1. The van der Waals surface area contributed by atoms with Gasteiger partial charge in [0.25, 0.3) is 5.91 Å². The monoisotopic (exact) mass is 586 g/mol. The summed E-state index contributed by atoms with van der Waals surface area (Å²) in [5.41, 5.74) is 2.54. The number of aromatic nitrogens is 3. The van der Waals surface area contributed by atoms with Gasteiger partial charge in [0.2, 0.25) is 11.7 Å². The molecule has 2 aromatic carbocycles. The van der Waals surface area contributed by atoms with Crippen molar-refractivity contribution in [1.29, 1.82) is 0 Å². The fourth-order valence-electron chi connectivity index (χ4n) is 4.93. The molecule has 11 heteroatoms. The first-order valence-corrected chi connectivity index (χ1v) is 14.1. The van der Waals surface area contributed by atoms with Gasteiger partial charge in [0.15, 0.2) is 11.0 Å². The molecular formula is C31H31ClN6O4. The molecule has 0 aliphatic heterocycles. The van der Waals surface area contributed by atoms with Gasteiger partial charge in [-0.25, -0.2) is 15.0 Å². The maximum atomic E-state index is 12.8. The second-order valence-corrected chi connectivity index (χ2v) is 10.7. The van der Waals surface area contributed by atoms with E-state index in [0.29, 0.717) is 23.6 Å². The van der Waals surface area contributed by atoms with Crippen LogP contribution in [-0.2, 0) is 16.0 Å². The first kappa shape index (κ1) is 28.9. The van der Waals surface area contributed by atoms with E-state index in [1.165, 1.54) is 6.92 Å². The van der Waals surface area contributed by atoms with Crippen LogP contribution < -0.4 is 20.3 Å². The van der Waals surface area contributed by atoms with E-state index in [-0.39, 0.29) is 41.1 Å².